The second-order valence-electron chi connectivity index (χ2n) is 5.01. The van der Waals surface area contributed by atoms with E-state index in [1.54, 1.807) is 7.11 Å². The van der Waals surface area contributed by atoms with Crippen LogP contribution in [0.4, 0.5) is 0 Å². The zero-order chi connectivity index (χ0) is 12.2. The Morgan fingerprint density at radius 3 is 2.50 bits per heavy atom. The Kier molecular flexibility index (Phi) is 4.81. The minimum absolute atomic E-state index is 0.197. The van der Waals surface area contributed by atoms with Gasteiger partial charge in [0.15, 0.2) is 0 Å². The van der Waals surface area contributed by atoms with Gasteiger partial charge in [-0.3, -0.25) is 0 Å². The Labute approximate surface area is 106 Å². The first-order valence-corrected chi connectivity index (χ1v) is 6.12. The third kappa shape index (κ3) is 4.54. The Morgan fingerprint density at radius 1 is 1.25 bits per heavy atom. The summed E-state index contributed by atoms with van der Waals surface area (Å²) in [6.07, 6.45) is 0. The number of benzene rings is 1. The highest BCUT2D eigenvalue weighted by Gasteiger charge is 2.11. The first-order chi connectivity index (χ1) is 7.42. The molecule has 0 N–H and O–H groups in total. The van der Waals surface area contributed by atoms with Crippen molar-refractivity contribution in [1.29, 1.82) is 0 Å². The fraction of sp³-hybridized carbons (Fsp3) is 0.538. The van der Waals surface area contributed by atoms with Crippen molar-refractivity contribution in [2.24, 2.45) is 5.41 Å². The monoisotopic (exact) mass is 286 g/mol. The van der Waals surface area contributed by atoms with Crippen molar-refractivity contribution in [3.05, 3.63) is 28.2 Å². The third-order valence-corrected chi connectivity index (χ3v) is 2.54. The molecule has 0 aliphatic heterocycles. The molecule has 16 heavy (non-hydrogen) atoms. The molecule has 0 aliphatic rings. The maximum atomic E-state index is 5.67. The molecule has 0 saturated carbocycles. The fourth-order valence-corrected chi connectivity index (χ4v) is 1.64. The highest BCUT2D eigenvalue weighted by atomic mass is 79.9. The second kappa shape index (κ2) is 5.69. The highest BCUT2D eigenvalue weighted by Crippen LogP contribution is 2.24. The quantitative estimate of drug-likeness (QED) is 0.832. The summed E-state index contributed by atoms with van der Waals surface area (Å²) < 4.78 is 12.0. The van der Waals surface area contributed by atoms with E-state index in [2.05, 4.69) is 36.7 Å². The Balaban J connectivity index is 2.60. The number of methoxy groups -OCH3 is 1. The second-order valence-corrected chi connectivity index (χ2v) is 5.93. The van der Waals surface area contributed by atoms with Crippen LogP contribution in [0.25, 0.3) is 0 Å². The van der Waals surface area contributed by atoms with Gasteiger partial charge in [-0.25, -0.2) is 0 Å². The minimum atomic E-state index is 0.197. The minimum Gasteiger partial charge on any atom is -0.496 e. The lowest BCUT2D eigenvalue weighted by Crippen LogP contribution is -2.14. The van der Waals surface area contributed by atoms with Crippen LogP contribution in [0.15, 0.2) is 22.7 Å². The molecule has 2 nitrogen and oxygen atoms in total. The lowest BCUT2D eigenvalue weighted by atomic mass is 9.99. The van der Waals surface area contributed by atoms with Crippen LogP contribution in [0, 0.1) is 5.41 Å². The molecule has 3 heteroatoms. The average molecular weight is 287 g/mol. The van der Waals surface area contributed by atoms with Crippen molar-refractivity contribution in [2.45, 2.75) is 27.4 Å². The van der Waals surface area contributed by atoms with Crippen LogP contribution >= 0.6 is 15.9 Å². The van der Waals surface area contributed by atoms with Gasteiger partial charge in [0.2, 0.25) is 0 Å². The predicted molar refractivity (Wildman–Crippen MR) is 69.8 cm³/mol. The number of halogens is 1. The van der Waals surface area contributed by atoms with E-state index in [-0.39, 0.29) is 5.41 Å². The van der Waals surface area contributed by atoms with Gasteiger partial charge in [0, 0.05) is 10.0 Å². The van der Waals surface area contributed by atoms with Crippen LogP contribution in [0.5, 0.6) is 5.75 Å². The van der Waals surface area contributed by atoms with E-state index >= 15 is 0 Å². The van der Waals surface area contributed by atoms with E-state index < -0.39 is 0 Å². The maximum Gasteiger partial charge on any atom is 0.125 e. The molecule has 0 amide bonds. The summed E-state index contributed by atoms with van der Waals surface area (Å²) in [5, 5.41) is 0. The molecule has 1 aromatic carbocycles. The summed E-state index contributed by atoms with van der Waals surface area (Å²) in [6, 6.07) is 5.97. The smallest absolute Gasteiger partial charge is 0.125 e. The van der Waals surface area contributed by atoms with Crippen molar-refractivity contribution in [3.63, 3.8) is 0 Å². The SMILES string of the molecule is COc1cc(Br)ccc1COCC(C)(C)C. The summed E-state index contributed by atoms with van der Waals surface area (Å²) in [6.45, 7) is 7.81. The van der Waals surface area contributed by atoms with Crippen molar-refractivity contribution in [2.75, 3.05) is 13.7 Å². The van der Waals surface area contributed by atoms with Crippen LogP contribution in [0.3, 0.4) is 0 Å². The molecule has 0 saturated heterocycles. The van der Waals surface area contributed by atoms with Gasteiger partial charge in [-0.05, 0) is 17.5 Å². The summed E-state index contributed by atoms with van der Waals surface area (Å²) in [5.41, 5.74) is 1.28. The van der Waals surface area contributed by atoms with Gasteiger partial charge >= 0.3 is 0 Å². The third-order valence-electron chi connectivity index (χ3n) is 2.04. The standard InChI is InChI=1S/C13H19BrO2/c1-13(2,3)9-16-8-10-5-6-11(14)7-12(10)15-4/h5-7H,8-9H2,1-4H3. The molecule has 0 aromatic heterocycles. The number of hydrogen-bond donors (Lipinski definition) is 0. The number of hydrogen-bond acceptors (Lipinski definition) is 2. The van der Waals surface area contributed by atoms with Crippen molar-refractivity contribution < 1.29 is 9.47 Å². The lowest BCUT2D eigenvalue weighted by molar-refractivity contribution is 0.0588. The van der Waals surface area contributed by atoms with Crippen molar-refractivity contribution >= 4 is 15.9 Å². The molecule has 0 unspecified atom stereocenters. The molecule has 0 bridgehead atoms. The molecule has 90 valence electrons. The van der Waals surface area contributed by atoms with E-state index in [0.29, 0.717) is 6.61 Å². The van der Waals surface area contributed by atoms with Gasteiger partial charge < -0.3 is 9.47 Å². The molecular formula is C13H19BrO2. The fourth-order valence-electron chi connectivity index (χ4n) is 1.30. The topological polar surface area (TPSA) is 18.5 Å². The van der Waals surface area contributed by atoms with E-state index in [1.165, 1.54) is 0 Å². The van der Waals surface area contributed by atoms with Crippen molar-refractivity contribution in [1.82, 2.24) is 0 Å². The normalized spacial score (nSPS) is 11.6. The van der Waals surface area contributed by atoms with Crippen LogP contribution in [0.1, 0.15) is 26.3 Å². The number of ether oxygens (including phenoxy) is 2. The van der Waals surface area contributed by atoms with Gasteiger partial charge in [-0.2, -0.15) is 0 Å². The molecule has 1 rings (SSSR count). The predicted octanol–water partition coefficient (Wildman–Crippen LogP) is 4.02. The van der Waals surface area contributed by atoms with Gasteiger partial charge in [-0.15, -0.1) is 0 Å². The van der Waals surface area contributed by atoms with E-state index in [0.717, 1.165) is 22.4 Å². The molecule has 0 heterocycles. The average Bonchev–Trinajstić information content (AvgIpc) is 2.18. The summed E-state index contributed by atoms with van der Waals surface area (Å²) in [7, 11) is 1.68. The molecule has 0 atom stereocenters. The van der Waals surface area contributed by atoms with E-state index in [4.69, 9.17) is 9.47 Å². The summed E-state index contributed by atoms with van der Waals surface area (Å²) in [5.74, 6) is 0.864. The molecule has 0 radical (unpaired) electrons. The van der Waals surface area contributed by atoms with Crippen LogP contribution in [-0.4, -0.2) is 13.7 Å². The first-order valence-electron chi connectivity index (χ1n) is 5.32. The van der Waals surface area contributed by atoms with Crippen LogP contribution in [-0.2, 0) is 11.3 Å². The molecule has 0 aliphatic carbocycles. The first kappa shape index (κ1) is 13.5. The van der Waals surface area contributed by atoms with Gasteiger partial charge in [-0.1, -0.05) is 42.8 Å². The van der Waals surface area contributed by atoms with Gasteiger partial charge in [0.1, 0.15) is 5.75 Å². The molecule has 1 aromatic rings. The van der Waals surface area contributed by atoms with E-state index in [9.17, 15) is 0 Å². The summed E-state index contributed by atoms with van der Waals surface area (Å²) >= 11 is 3.42. The van der Waals surface area contributed by atoms with Crippen molar-refractivity contribution in [3.8, 4) is 5.75 Å². The molecule has 0 spiro atoms. The van der Waals surface area contributed by atoms with Crippen LogP contribution < -0.4 is 4.74 Å². The number of rotatable bonds is 4. The Bertz CT molecular complexity index is 342. The van der Waals surface area contributed by atoms with Gasteiger partial charge in [0.25, 0.3) is 0 Å². The largest absolute Gasteiger partial charge is 0.496 e. The summed E-state index contributed by atoms with van der Waals surface area (Å²) in [4.78, 5) is 0. The highest BCUT2D eigenvalue weighted by molar-refractivity contribution is 9.10. The Morgan fingerprint density at radius 2 is 1.94 bits per heavy atom. The zero-order valence-electron chi connectivity index (χ0n) is 10.3. The molecule has 0 fully saturated rings. The lowest BCUT2D eigenvalue weighted by Gasteiger charge is -2.18. The van der Waals surface area contributed by atoms with Gasteiger partial charge in [0.05, 0.1) is 20.3 Å². The Hall–Kier alpha value is -0.540. The zero-order valence-corrected chi connectivity index (χ0v) is 11.9. The van der Waals surface area contributed by atoms with Crippen LogP contribution in [0.2, 0.25) is 0 Å². The van der Waals surface area contributed by atoms with E-state index in [1.807, 2.05) is 18.2 Å². The molecular weight excluding hydrogens is 268 g/mol. The maximum absolute atomic E-state index is 5.67.